The predicted octanol–water partition coefficient (Wildman–Crippen LogP) is 1.77. The number of amides is 3. The van der Waals surface area contributed by atoms with Crippen LogP contribution in [0.25, 0.3) is 11.0 Å². The molecule has 1 atom stereocenters. The number of benzene rings is 1. The smallest absolute Gasteiger partial charge is 0.405 e. The number of para-hydroxylation sites is 2. The van der Waals surface area contributed by atoms with Gasteiger partial charge in [0.2, 0.25) is 11.8 Å². The number of nitrogens with one attached hydrogen (secondary N) is 3. The van der Waals surface area contributed by atoms with Crippen molar-refractivity contribution in [2.75, 3.05) is 19.4 Å². The second-order valence-corrected chi connectivity index (χ2v) is 7.76. The van der Waals surface area contributed by atoms with Crippen LogP contribution in [0.15, 0.2) is 59.5 Å². The van der Waals surface area contributed by atoms with E-state index in [9.17, 15) is 19.2 Å². The Morgan fingerprint density at radius 1 is 1.21 bits per heavy atom. The topological polar surface area (TPSA) is 149 Å². The summed E-state index contributed by atoms with van der Waals surface area (Å²) < 4.78 is 1.39. The zero-order chi connectivity index (χ0) is 24.7. The third kappa shape index (κ3) is 6.31. The molecular weight excluding hydrogens is 440 g/mol. The van der Waals surface area contributed by atoms with Crippen molar-refractivity contribution in [3.05, 3.63) is 70.9 Å². The number of rotatable bonds is 9. The Bertz CT molecular complexity index is 1240. The van der Waals surface area contributed by atoms with E-state index in [4.69, 9.17) is 5.11 Å². The maximum atomic E-state index is 12.9. The van der Waals surface area contributed by atoms with Crippen LogP contribution < -0.4 is 16.2 Å². The van der Waals surface area contributed by atoms with Crippen LogP contribution in [-0.4, -0.2) is 62.6 Å². The lowest BCUT2D eigenvalue weighted by Gasteiger charge is -2.16. The Balaban J connectivity index is 1.70. The van der Waals surface area contributed by atoms with Crippen molar-refractivity contribution in [2.45, 2.75) is 25.4 Å². The molecule has 1 aromatic carbocycles. The SMILES string of the molecule is CN(C)C(=O)/C=C/CCC(NC(=O)O)C(=O)Nc1cccn(Cc2nc3ccccc3[nH]2)c1=O. The average molecular weight is 466 g/mol. The number of carboxylic acid groups (broad SMARTS) is 1. The molecule has 0 bridgehead atoms. The summed E-state index contributed by atoms with van der Waals surface area (Å²) in [5.74, 6) is -0.314. The Labute approximate surface area is 195 Å². The number of hydrogen-bond acceptors (Lipinski definition) is 5. The number of aromatic nitrogens is 3. The molecule has 0 spiro atoms. The number of anilines is 1. The summed E-state index contributed by atoms with van der Waals surface area (Å²) in [7, 11) is 3.21. The second-order valence-electron chi connectivity index (χ2n) is 7.76. The first-order valence-electron chi connectivity index (χ1n) is 10.6. The molecule has 0 fully saturated rings. The van der Waals surface area contributed by atoms with Crippen molar-refractivity contribution >= 4 is 34.6 Å². The normalized spacial score (nSPS) is 11.9. The van der Waals surface area contributed by atoms with Gasteiger partial charge in [-0.15, -0.1) is 0 Å². The third-order valence-corrected chi connectivity index (χ3v) is 4.97. The summed E-state index contributed by atoms with van der Waals surface area (Å²) in [5, 5.41) is 13.8. The summed E-state index contributed by atoms with van der Waals surface area (Å²) in [4.78, 5) is 57.3. The van der Waals surface area contributed by atoms with E-state index in [1.54, 1.807) is 32.4 Å². The molecule has 3 rings (SSSR count). The molecule has 4 N–H and O–H groups in total. The largest absolute Gasteiger partial charge is 0.465 e. The molecule has 0 aliphatic rings. The van der Waals surface area contributed by atoms with Gasteiger partial charge in [-0.3, -0.25) is 14.4 Å². The quantitative estimate of drug-likeness (QED) is 0.353. The number of imidazole rings is 1. The standard InChI is InChI=1S/C23H26N6O5/c1-28(2)20(30)12-6-5-10-17(27-23(33)34)21(31)26-18-11-7-13-29(22(18)32)14-19-24-15-8-3-4-9-16(15)25-19/h3-4,6-9,11-13,17,27H,5,10,14H2,1-2H3,(H,24,25)(H,26,31)(H,33,34)/b12-6+. The van der Waals surface area contributed by atoms with E-state index < -0.39 is 23.6 Å². The average Bonchev–Trinajstić information content (AvgIpc) is 3.20. The molecule has 0 aliphatic heterocycles. The minimum absolute atomic E-state index is 0.0131. The Kier molecular flexibility index (Phi) is 7.80. The van der Waals surface area contributed by atoms with Crippen LogP contribution in [0.2, 0.25) is 0 Å². The number of H-pyrrole nitrogens is 1. The predicted molar refractivity (Wildman–Crippen MR) is 127 cm³/mol. The Morgan fingerprint density at radius 3 is 2.68 bits per heavy atom. The van der Waals surface area contributed by atoms with Gasteiger partial charge >= 0.3 is 6.09 Å². The van der Waals surface area contributed by atoms with Crippen LogP contribution in [0.4, 0.5) is 10.5 Å². The first kappa shape index (κ1) is 24.2. The van der Waals surface area contributed by atoms with Gasteiger partial charge in [-0.05, 0) is 43.2 Å². The van der Waals surface area contributed by atoms with Gasteiger partial charge in [-0.1, -0.05) is 18.2 Å². The first-order valence-corrected chi connectivity index (χ1v) is 10.6. The number of likely N-dealkylation sites (N-methyl/N-ethyl adjacent to an activating group) is 1. The van der Waals surface area contributed by atoms with Gasteiger partial charge in [0.1, 0.15) is 17.6 Å². The summed E-state index contributed by atoms with van der Waals surface area (Å²) in [5.41, 5.74) is 1.18. The van der Waals surface area contributed by atoms with Crippen LogP contribution in [0.3, 0.4) is 0 Å². The zero-order valence-electron chi connectivity index (χ0n) is 18.8. The molecule has 178 valence electrons. The van der Waals surface area contributed by atoms with E-state index in [1.165, 1.54) is 21.6 Å². The summed E-state index contributed by atoms with van der Waals surface area (Å²) in [6, 6.07) is 9.43. The summed E-state index contributed by atoms with van der Waals surface area (Å²) >= 11 is 0. The highest BCUT2D eigenvalue weighted by Crippen LogP contribution is 2.11. The van der Waals surface area contributed by atoms with E-state index >= 15 is 0 Å². The van der Waals surface area contributed by atoms with Gasteiger partial charge in [0.05, 0.1) is 17.6 Å². The first-order chi connectivity index (χ1) is 16.2. The molecule has 3 amide bonds. The van der Waals surface area contributed by atoms with Crippen molar-refractivity contribution in [2.24, 2.45) is 0 Å². The van der Waals surface area contributed by atoms with Gasteiger partial charge in [0.25, 0.3) is 5.56 Å². The molecule has 0 saturated heterocycles. The molecule has 0 radical (unpaired) electrons. The van der Waals surface area contributed by atoms with Crippen molar-refractivity contribution in [3.63, 3.8) is 0 Å². The highest BCUT2D eigenvalue weighted by molar-refractivity contribution is 5.96. The summed E-state index contributed by atoms with van der Waals surface area (Å²) in [6.07, 6.45) is 3.51. The van der Waals surface area contributed by atoms with Crippen molar-refractivity contribution in [1.29, 1.82) is 0 Å². The van der Waals surface area contributed by atoms with Crippen LogP contribution in [0.1, 0.15) is 18.7 Å². The minimum atomic E-state index is -1.37. The lowest BCUT2D eigenvalue weighted by molar-refractivity contribution is -0.123. The Hall–Kier alpha value is -4.41. The lowest BCUT2D eigenvalue weighted by Crippen LogP contribution is -2.44. The van der Waals surface area contributed by atoms with Gasteiger partial charge in [-0.2, -0.15) is 0 Å². The van der Waals surface area contributed by atoms with E-state index in [0.717, 1.165) is 11.0 Å². The van der Waals surface area contributed by atoms with Crippen LogP contribution in [-0.2, 0) is 16.1 Å². The number of hydrogen-bond donors (Lipinski definition) is 4. The fourth-order valence-corrected chi connectivity index (χ4v) is 3.23. The van der Waals surface area contributed by atoms with Crippen LogP contribution >= 0.6 is 0 Å². The number of allylic oxidation sites excluding steroid dienone is 1. The van der Waals surface area contributed by atoms with Crippen molar-refractivity contribution in [1.82, 2.24) is 24.8 Å². The molecular formula is C23H26N6O5. The highest BCUT2D eigenvalue weighted by atomic mass is 16.4. The number of pyridine rings is 1. The minimum Gasteiger partial charge on any atom is -0.465 e. The fourth-order valence-electron chi connectivity index (χ4n) is 3.23. The second kappa shape index (κ2) is 10.9. The number of carbonyl (C=O) groups excluding carboxylic acids is 2. The molecule has 0 saturated carbocycles. The lowest BCUT2D eigenvalue weighted by atomic mass is 10.1. The van der Waals surface area contributed by atoms with E-state index in [0.29, 0.717) is 5.82 Å². The number of carbonyl (C=O) groups is 3. The Morgan fingerprint density at radius 2 is 1.97 bits per heavy atom. The molecule has 1 unspecified atom stereocenters. The molecule has 11 heteroatoms. The van der Waals surface area contributed by atoms with E-state index in [-0.39, 0.29) is 31.0 Å². The molecule has 2 aromatic heterocycles. The van der Waals surface area contributed by atoms with Gasteiger partial charge < -0.3 is 30.2 Å². The zero-order valence-corrected chi connectivity index (χ0v) is 18.8. The van der Waals surface area contributed by atoms with Crippen molar-refractivity contribution < 1.29 is 19.5 Å². The van der Waals surface area contributed by atoms with E-state index in [1.807, 2.05) is 24.3 Å². The fraction of sp³-hybridized carbons (Fsp3) is 0.261. The van der Waals surface area contributed by atoms with Gasteiger partial charge in [-0.25, -0.2) is 9.78 Å². The monoisotopic (exact) mass is 466 g/mol. The molecule has 0 aliphatic carbocycles. The maximum absolute atomic E-state index is 12.9. The molecule has 34 heavy (non-hydrogen) atoms. The molecule has 3 aromatic rings. The third-order valence-electron chi connectivity index (χ3n) is 4.97. The number of nitrogens with zero attached hydrogens (tertiary/aromatic N) is 3. The molecule has 11 nitrogen and oxygen atoms in total. The highest BCUT2D eigenvalue weighted by Gasteiger charge is 2.21. The van der Waals surface area contributed by atoms with Gasteiger partial charge in [0, 0.05) is 20.3 Å². The number of aromatic amines is 1. The molecule has 2 heterocycles. The van der Waals surface area contributed by atoms with Crippen LogP contribution in [0.5, 0.6) is 0 Å². The van der Waals surface area contributed by atoms with Gasteiger partial charge in [0.15, 0.2) is 0 Å². The van der Waals surface area contributed by atoms with E-state index in [2.05, 4.69) is 20.6 Å². The number of fused-ring (bicyclic) bond motifs is 1. The van der Waals surface area contributed by atoms with Crippen LogP contribution in [0, 0.1) is 0 Å². The maximum Gasteiger partial charge on any atom is 0.405 e. The summed E-state index contributed by atoms with van der Waals surface area (Å²) in [6.45, 7) is 0.165. The van der Waals surface area contributed by atoms with Crippen molar-refractivity contribution in [3.8, 4) is 0 Å².